The second-order valence-corrected chi connectivity index (χ2v) is 7.74. The highest BCUT2D eigenvalue weighted by atomic mass is 35.5. The number of amides is 1. The summed E-state index contributed by atoms with van der Waals surface area (Å²) < 4.78 is 6.03. The smallest absolute Gasteiger partial charge is 0.248 e. The van der Waals surface area contributed by atoms with Crippen LogP contribution in [0.25, 0.3) is 10.9 Å². The molecule has 6 heteroatoms. The van der Waals surface area contributed by atoms with Gasteiger partial charge in [0, 0.05) is 49.8 Å². The Labute approximate surface area is 167 Å². The fourth-order valence-corrected chi connectivity index (χ4v) is 4.37. The highest BCUT2D eigenvalue weighted by molar-refractivity contribution is 5.85. The number of nitrogens with one attached hydrogen (secondary N) is 1. The molecule has 0 atom stereocenters. The third-order valence-electron chi connectivity index (χ3n) is 5.97. The van der Waals surface area contributed by atoms with Gasteiger partial charge in [0.1, 0.15) is 6.61 Å². The average molecular weight is 392 g/mol. The number of aromatic nitrogens is 1. The van der Waals surface area contributed by atoms with Crippen molar-refractivity contribution in [2.75, 3.05) is 39.3 Å². The van der Waals surface area contributed by atoms with Gasteiger partial charge in [0.15, 0.2) is 0 Å². The minimum absolute atomic E-state index is 0. The van der Waals surface area contributed by atoms with Gasteiger partial charge in [-0.15, -0.1) is 12.4 Å². The summed E-state index contributed by atoms with van der Waals surface area (Å²) in [6.07, 6.45) is 6.27. The van der Waals surface area contributed by atoms with E-state index in [0.717, 1.165) is 58.4 Å². The van der Waals surface area contributed by atoms with Crippen LogP contribution < -0.4 is 0 Å². The molecule has 1 amide bonds. The van der Waals surface area contributed by atoms with E-state index in [2.05, 4.69) is 47.3 Å². The minimum Gasteiger partial charge on any atom is -0.363 e. The Morgan fingerprint density at radius 1 is 1.19 bits per heavy atom. The normalized spacial score (nSPS) is 20.2. The van der Waals surface area contributed by atoms with Gasteiger partial charge >= 0.3 is 0 Å². The molecule has 2 aliphatic rings. The van der Waals surface area contributed by atoms with Crippen molar-refractivity contribution in [3.8, 4) is 0 Å². The lowest BCUT2D eigenvalue weighted by molar-refractivity contribution is -0.171. The molecular weight excluding hydrogens is 362 g/mol. The Morgan fingerprint density at radius 2 is 1.96 bits per heavy atom. The number of benzene rings is 1. The van der Waals surface area contributed by atoms with Crippen LogP contribution in [0.1, 0.15) is 31.7 Å². The molecule has 0 radical (unpaired) electrons. The molecule has 0 aliphatic carbocycles. The molecule has 5 nitrogen and oxygen atoms in total. The number of carbonyl (C=O) groups is 1. The van der Waals surface area contributed by atoms with E-state index in [-0.39, 0.29) is 30.5 Å². The van der Waals surface area contributed by atoms with Crippen molar-refractivity contribution < 1.29 is 9.53 Å². The van der Waals surface area contributed by atoms with Gasteiger partial charge in [0.05, 0.1) is 5.60 Å². The van der Waals surface area contributed by atoms with Gasteiger partial charge in [-0.3, -0.25) is 4.79 Å². The minimum atomic E-state index is -0.111. The van der Waals surface area contributed by atoms with Crippen LogP contribution in [-0.4, -0.2) is 65.6 Å². The van der Waals surface area contributed by atoms with Crippen LogP contribution >= 0.6 is 12.4 Å². The Balaban J connectivity index is 0.00000210. The van der Waals surface area contributed by atoms with Crippen molar-refractivity contribution in [3.63, 3.8) is 0 Å². The van der Waals surface area contributed by atoms with Gasteiger partial charge in [-0.1, -0.05) is 25.1 Å². The van der Waals surface area contributed by atoms with Crippen molar-refractivity contribution in [2.24, 2.45) is 0 Å². The number of fused-ring (bicyclic) bond motifs is 1. The Bertz CT molecular complexity index is 768. The lowest BCUT2D eigenvalue weighted by Crippen LogP contribution is -2.58. The van der Waals surface area contributed by atoms with Crippen molar-refractivity contribution in [1.29, 1.82) is 0 Å². The topological polar surface area (TPSA) is 48.6 Å². The molecule has 1 N–H and O–H groups in total. The van der Waals surface area contributed by atoms with Gasteiger partial charge in [0.2, 0.25) is 5.91 Å². The number of hydrogen-bond donors (Lipinski definition) is 1. The van der Waals surface area contributed by atoms with Gasteiger partial charge in [-0.05, 0) is 37.3 Å². The molecule has 1 spiro atoms. The van der Waals surface area contributed by atoms with E-state index in [1.54, 1.807) is 0 Å². The van der Waals surface area contributed by atoms with E-state index < -0.39 is 0 Å². The molecule has 3 heterocycles. The maximum Gasteiger partial charge on any atom is 0.248 e. The van der Waals surface area contributed by atoms with E-state index in [4.69, 9.17) is 4.74 Å². The fraction of sp³-hybridized carbons (Fsp3) is 0.571. The number of nitrogens with zero attached hydrogens (tertiary/aromatic N) is 2. The SMILES string of the molecule is CCCN1CC2(CCN(CCc3c[nH]c4ccccc34)CC2)OCC1=O.Cl. The predicted molar refractivity (Wildman–Crippen MR) is 110 cm³/mol. The zero-order valence-electron chi connectivity index (χ0n) is 16.1. The molecule has 0 saturated carbocycles. The van der Waals surface area contributed by atoms with Crippen LogP contribution in [0.4, 0.5) is 0 Å². The number of aromatic amines is 1. The summed E-state index contributed by atoms with van der Waals surface area (Å²) in [6.45, 7) is 7.20. The number of carbonyl (C=O) groups excluding carboxylic acids is 1. The summed E-state index contributed by atoms with van der Waals surface area (Å²) in [7, 11) is 0. The van der Waals surface area contributed by atoms with E-state index in [1.165, 1.54) is 16.5 Å². The molecule has 0 unspecified atom stereocenters. The Morgan fingerprint density at radius 3 is 2.74 bits per heavy atom. The molecule has 1 aromatic carbocycles. The third-order valence-corrected chi connectivity index (χ3v) is 5.97. The first-order valence-corrected chi connectivity index (χ1v) is 9.88. The van der Waals surface area contributed by atoms with E-state index in [9.17, 15) is 4.79 Å². The third kappa shape index (κ3) is 4.31. The summed E-state index contributed by atoms with van der Waals surface area (Å²) in [4.78, 5) is 19.9. The largest absolute Gasteiger partial charge is 0.363 e. The van der Waals surface area contributed by atoms with E-state index in [1.807, 2.05) is 4.90 Å². The molecule has 2 saturated heterocycles. The zero-order valence-corrected chi connectivity index (χ0v) is 16.9. The highest BCUT2D eigenvalue weighted by Crippen LogP contribution is 2.31. The first-order chi connectivity index (χ1) is 12.7. The van der Waals surface area contributed by atoms with Crippen molar-refractivity contribution in [1.82, 2.24) is 14.8 Å². The molecule has 1 aromatic heterocycles. The van der Waals surface area contributed by atoms with Gasteiger partial charge in [-0.2, -0.15) is 0 Å². The zero-order chi connectivity index (χ0) is 18.0. The number of morpholine rings is 1. The Kier molecular flexibility index (Phi) is 6.45. The summed E-state index contributed by atoms with van der Waals surface area (Å²) in [6, 6.07) is 8.51. The Hall–Kier alpha value is -1.56. The summed E-state index contributed by atoms with van der Waals surface area (Å²) in [5.41, 5.74) is 2.51. The van der Waals surface area contributed by atoms with Gasteiger partial charge in [0.25, 0.3) is 0 Å². The van der Waals surface area contributed by atoms with E-state index >= 15 is 0 Å². The number of piperidine rings is 1. The molecule has 2 aromatic rings. The second-order valence-electron chi connectivity index (χ2n) is 7.74. The molecular formula is C21H30ClN3O2. The molecule has 148 valence electrons. The molecule has 4 rings (SSSR count). The second kappa shape index (κ2) is 8.63. The molecule has 0 bridgehead atoms. The van der Waals surface area contributed by atoms with Crippen molar-refractivity contribution in [2.45, 2.75) is 38.2 Å². The number of likely N-dealkylation sites (tertiary alicyclic amines) is 1. The first kappa shape index (κ1) is 20.2. The fourth-order valence-electron chi connectivity index (χ4n) is 4.37. The average Bonchev–Trinajstić information content (AvgIpc) is 3.08. The number of hydrogen-bond acceptors (Lipinski definition) is 3. The van der Waals surface area contributed by atoms with E-state index in [0.29, 0.717) is 0 Å². The van der Waals surface area contributed by atoms with Crippen LogP contribution in [0.15, 0.2) is 30.5 Å². The van der Waals surface area contributed by atoms with Gasteiger partial charge in [-0.25, -0.2) is 0 Å². The number of H-pyrrole nitrogens is 1. The number of ether oxygens (including phenoxy) is 1. The predicted octanol–water partition coefficient (Wildman–Crippen LogP) is 3.24. The van der Waals surface area contributed by atoms with Crippen LogP contribution in [0, 0.1) is 0 Å². The van der Waals surface area contributed by atoms with Crippen LogP contribution in [0.3, 0.4) is 0 Å². The van der Waals surface area contributed by atoms with Crippen molar-refractivity contribution >= 4 is 29.2 Å². The van der Waals surface area contributed by atoms with Crippen LogP contribution in [-0.2, 0) is 16.0 Å². The lowest BCUT2D eigenvalue weighted by atomic mass is 9.89. The van der Waals surface area contributed by atoms with Gasteiger partial charge < -0.3 is 19.5 Å². The molecule has 27 heavy (non-hydrogen) atoms. The molecule has 2 aliphatic heterocycles. The quantitative estimate of drug-likeness (QED) is 0.851. The highest BCUT2D eigenvalue weighted by Gasteiger charge is 2.41. The standard InChI is InChI=1S/C21H29N3O2.ClH/c1-2-10-24-16-21(26-15-20(24)25)8-12-23(13-9-21)11-7-17-14-22-19-6-4-3-5-18(17)19;/h3-6,14,22H,2,7-13,15-16H2,1H3;1H. The number of para-hydroxylation sites is 1. The summed E-state index contributed by atoms with van der Waals surface area (Å²) >= 11 is 0. The number of rotatable bonds is 5. The summed E-state index contributed by atoms with van der Waals surface area (Å²) in [5, 5.41) is 1.34. The monoisotopic (exact) mass is 391 g/mol. The molecule has 2 fully saturated rings. The first-order valence-electron chi connectivity index (χ1n) is 9.88. The maximum atomic E-state index is 12.0. The number of halogens is 1. The maximum absolute atomic E-state index is 12.0. The lowest BCUT2D eigenvalue weighted by Gasteiger charge is -2.47. The van der Waals surface area contributed by atoms with Crippen LogP contribution in [0.5, 0.6) is 0 Å². The van der Waals surface area contributed by atoms with Crippen LogP contribution in [0.2, 0.25) is 0 Å². The van der Waals surface area contributed by atoms with Crippen molar-refractivity contribution in [3.05, 3.63) is 36.0 Å². The summed E-state index contributed by atoms with van der Waals surface area (Å²) in [5.74, 6) is 0.152.